The lowest BCUT2D eigenvalue weighted by molar-refractivity contribution is 0.433. The quantitative estimate of drug-likeness (QED) is 0.784. The molecule has 1 aromatic rings. The Hall–Kier alpha value is -0.880. The number of hydrogen-bond donors (Lipinski definition) is 1. The summed E-state index contributed by atoms with van der Waals surface area (Å²) in [5, 5.41) is 6.83. The van der Waals surface area contributed by atoms with Gasteiger partial charge in [0.2, 0.25) is 0 Å². The molecule has 0 saturated carbocycles. The van der Waals surface area contributed by atoms with Gasteiger partial charge in [0.25, 0.3) is 0 Å². The van der Waals surface area contributed by atoms with E-state index in [-0.39, 0.29) is 11.3 Å². The summed E-state index contributed by atoms with van der Waals surface area (Å²) in [4.78, 5) is 0. The van der Waals surface area contributed by atoms with Crippen molar-refractivity contribution < 1.29 is 8.42 Å². The Morgan fingerprint density at radius 1 is 1.41 bits per heavy atom. The minimum Gasteiger partial charge on any atom is -0.304 e. The van der Waals surface area contributed by atoms with Crippen LogP contribution in [0.2, 0.25) is 0 Å². The van der Waals surface area contributed by atoms with Crippen molar-refractivity contribution in [3.63, 3.8) is 0 Å². The number of fused-ring (bicyclic) bond motifs is 1. The van der Waals surface area contributed by atoms with Gasteiger partial charge in [-0.2, -0.15) is 5.10 Å². The molecule has 0 fully saturated rings. The fraction of sp³-hybridized carbons (Fsp3) is 0.545. The molecule has 0 spiro atoms. The highest BCUT2D eigenvalue weighted by molar-refractivity contribution is 7.93. The maximum atomic E-state index is 11.8. The summed E-state index contributed by atoms with van der Waals surface area (Å²) in [6, 6.07) is 1.86. The Kier molecular flexibility index (Phi) is 3.03. The van der Waals surface area contributed by atoms with Crippen molar-refractivity contribution in [1.29, 1.82) is 0 Å². The number of rotatable bonds is 1. The molecule has 2 rings (SSSR count). The van der Waals surface area contributed by atoms with E-state index in [1.807, 2.05) is 26.8 Å². The molecule has 0 bridgehead atoms. The van der Waals surface area contributed by atoms with Gasteiger partial charge in [0.1, 0.15) is 4.21 Å². The van der Waals surface area contributed by atoms with Gasteiger partial charge >= 0.3 is 0 Å². The minimum atomic E-state index is -3.05. The highest BCUT2D eigenvalue weighted by Gasteiger charge is 2.28. The van der Waals surface area contributed by atoms with Crippen LogP contribution in [0, 0.1) is 0 Å². The van der Waals surface area contributed by atoms with Crippen molar-refractivity contribution in [3.8, 4) is 0 Å². The van der Waals surface area contributed by atoms with Gasteiger partial charge < -0.3 is 5.43 Å². The second-order valence-corrected chi connectivity index (χ2v) is 8.33. The van der Waals surface area contributed by atoms with E-state index >= 15 is 0 Å². The van der Waals surface area contributed by atoms with E-state index in [4.69, 9.17) is 0 Å². The standard InChI is InChI=1S/C11H16N2O2S2/c1-11(2,3)13-12-9-4-6-16-10-8(9)5-7-17(10,14)15/h4,6,13H,5,7H2,1-3H3/b12-9+. The Morgan fingerprint density at radius 2 is 2.12 bits per heavy atom. The van der Waals surface area contributed by atoms with Crippen LogP contribution in [0.15, 0.2) is 20.8 Å². The zero-order valence-corrected chi connectivity index (χ0v) is 11.8. The Balaban J connectivity index is 2.50. The average molecular weight is 272 g/mol. The molecule has 0 unspecified atom stereocenters. The minimum absolute atomic E-state index is 0.121. The maximum absolute atomic E-state index is 11.8. The van der Waals surface area contributed by atoms with E-state index in [9.17, 15) is 8.42 Å². The summed E-state index contributed by atoms with van der Waals surface area (Å²) in [6.07, 6.45) is 0.569. The predicted molar refractivity (Wildman–Crippen MR) is 68.5 cm³/mol. The van der Waals surface area contributed by atoms with Gasteiger partial charge in [0.05, 0.1) is 11.1 Å². The molecule has 0 aliphatic carbocycles. The van der Waals surface area contributed by atoms with Crippen molar-refractivity contribution in [1.82, 2.24) is 5.43 Å². The SMILES string of the molecule is CC(C)(C)N/N=c1\ccsc2c1CCS2(=O)=O. The van der Waals surface area contributed by atoms with E-state index in [1.54, 1.807) is 5.38 Å². The molecule has 0 aromatic carbocycles. The molecular weight excluding hydrogens is 256 g/mol. The Bertz CT molecular complexity index is 595. The topological polar surface area (TPSA) is 58.5 Å². The van der Waals surface area contributed by atoms with Crippen LogP contribution >= 0.6 is 11.3 Å². The highest BCUT2D eigenvalue weighted by Crippen LogP contribution is 2.26. The van der Waals surface area contributed by atoms with E-state index in [0.29, 0.717) is 10.6 Å². The predicted octanol–water partition coefficient (Wildman–Crippen LogP) is 1.28. The first-order chi connectivity index (χ1) is 7.80. The Labute approximate surface area is 105 Å². The molecule has 1 aromatic heterocycles. The normalized spacial score (nSPS) is 19.1. The summed E-state index contributed by atoms with van der Waals surface area (Å²) in [7, 11) is -3.05. The molecule has 1 aliphatic heterocycles. The molecule has 4 nitrogen and oxygen atoms in total. The van der Waals surface area contributed by atoms with Crippen molar-refractivity contribution in [2.24, 2.45) is 5.10 Å². The van der Waals surface area contributed by atoms with Crippen LogP contribution in [0.4, 0.5) is 0 Å². The number of hydrogen-bond acceptors (Lipinski definition) is 5. The van der Waals surface area contributed by atoms with E-state index in [2.05, 4.69) is 10.5 Å². The van der Waals surface area contributed by atoms with Crippen molar-refractivity contribution >= 4 is 21.2 Å². The summed E-state index contributed by atoms with van der Waals surface area (Å²) >= 11 is 1.28. The van der Waals surface area contributed by atoms with Gasteiger partial charge in [-0.05, 0) is 38.6 Å². The maximum Gasteiger partial charge on any atom is 0.188 e. The largest absolute Gasteiger partial charge is 0.304 e. The second-order valence-electron chi connectivity index (χ2n) is 5.11. The van der Waals surface area contributed by atoms with Gasteiger partial charge in [-0.25, -0.2) is 8.42 Å². The molecule has 0 atom stereocenters. The zero-order valence-electron chi connectivity index (χ0n) is 10.1. The van der Waals surface area contributed by atoms with Crippen LogP contribution in [-0.2, 0) is 16.3 Å². The first-order valence-electron chi connectivity index (χ1n) is 5.44. The summed E-state index contributed by atoms with van der Waals surface area (Å²) < 4.78 is 24.0. The van der Waals surface area contributed by atoms with Crippen LogP contribution in [-0.4, -0.2) is 19.7 Å². The summed E-state index contributed by atoms with van der Waals surface area (Å²) in [6.45, 7) is 6.04. The van der Waals surface area contributed by atoms with Crippen molar-refractivity contribution in [2.75, 3.05) is 5.75 Å². The fourth-order valence-electron chi connectivity index (χ4n) is 1.59. The smallest absolute Gasteiger partial charge is 0.188 e. The lowest BCUT2D eigenvalue weighted by Gasteiger charge is -2.17. The third-order valence-corrected chi connectivity index (χ3v) is 5.71. The van der Waals surface area contributed by atoms with Crippen molar-refractivity contribution in [2.45, 2.75) is 36.9 Å². The summed E-state index contributed by atoms with van der Waals surface area (Å²) in [5.74, 6) is 0.209. The van der Waals surface area contributed by atoms with Gasteiger partial charge in [0.15, 0.2) is 9.84 Å². The van der Waals surface area contributed by atoms with Crippen LogP contribution in [0.25, 0.3) is 0 Å². The van der Waals surface area contributed by atoms with Crippen LogP contribution in [0.1, 0.15) is 26.3 Å². The molecule has 0 saturated heterocycles. The molecule has 0 amide bonds. The fourth-order valence-corrected chi connectivity index (χ4v) is 4.50. The van der Waals surface area contributed by atoms with Gasteiger partial charge in [0, 0.05) is 11.1 Å². The third kappa shape index (κ3) is 2.69. The molecule has 1 N–H and O–H groups in total. The van der Waals surface area contributed by atoms with Crippen LogP contribution in [0.5, 0.6) is 0 Å². The number of nitrogens with one attached hydrogen (secondary N) is 1. The molecule has 0 radical (unpaired) electrons. The van der Waals surface area contributed by atoms with Gasteiger partial charge in [-0.1, -0.05) is 0 Å². The van der Waals surface area contributed by atoms with Gasteiger partial charge in [-0.3, -0.25) is 0 Å². The second kappa shape index (κ2) is 4.10. The summed E-state index contributed by atoms with van der Waals surface area (Å²) in [5.41, 5.74) is 3.76. The van der Waals surface area contributed by atoms with E-state index < -0.39 is 9.84 Å². The number of nitrogens with zero attached hydrogens (tertiary/aromatic N) is 1. The van der Waals surface area contributed by atoms with E-state index in [1.165, 1.54) is 11.3 Å². The molecule has 94 valence electrons. The Morgan fingerprint density at radius 3 is 2.76 bits per heavy atom. The van der Waals surface area contributed by atoms with Crippen LogP contribution < -0.4 is 10.8 Å². The third-order valence-electron chi connectivity index (χ3n) is 2.37. The lowest BCUT2D eigenvalue weighted by atomic mass is 10.1. The molecule has 6 heteroatoms. The van der Waals surface area contributed by atoms with Crippen LogP contribution in [0.3, 0.4) is 0 Å². The molecule has 1 aliphatic rings. The highest BCUT2D eigenvalue weighted by atomic mass is 32.2. The monoisotopic (exact) mass is 272 g/mol. The van der Waals surface area contributed by atoms with Gasteiger partial charge in [-0.15, -0.1) is 11.3 Å². The van der Waals surface area contributed by atoms with E-state index in [0.717, 1.165) is 10.9 Å². The molecule has 17 heavy (non-hydrogen) atoms. The van der Waals surface area contributed by atoms with Crippen molar-refractivity contribution in [3.05, 3.63) is 22.4 Å². The number of sulfone groups is 1. The lowest BCUT2D eigenvalue weighted by Crippen LogP contribution is -2.33. The molecular formula is C11H16N2O2S2. The zero-order chi connectivity index (χ0) is 12.7. The molecule has 2 heterocycles. The first-order valence-corrected chi connectivity index (χ1v) is 7.97. The first kappa shape index (κ1) is 12.6. The average Bonchev–Trinajstić information content (AvgIpc) is 2.52.